The average Bonchev–Trinajstić information content (AvgIpc) is 2.62. The number of nitrogens with two attached hydrogens (primary N) is 1. The molecule has 0 unspecified atom stereocenters. The van der Waals surface area contributed by atoms with Crippen molar-refractivity contribution < 1.29 is 4.74 Å². The Kier molecular flexibility index (Phi) is 4.74. The fourth-order valence-electron chi connectivity index (χ4n) is 1.00. The van der Waals surface area contributed by atoms with Crippen LogP contribution in [0.4, 0.5) is 5.00 Å². The summed E-state index contributed by atoms with van der Waals surface area (Å²) in [5, 5.41) is 4.79. The van der Waals surface area contributed by atoms with Gasteiger partial charge in [0.15, 0.2) is 0 Å². The first-order chi connectivity index (χ1) is 6.77. The standard InChI is InChI=1S/C7H15N5OS/c1-12(3-4-13-2)5-6-7(9-8)14-11-10-6/h9H,3-5,8H2,1-2H3. The quantitative estimate of drug-likeness (QED) is 0.512. The second kappa shape index (κ2) is 5.86. The van der Waals surface area contributed by atoms with Gasteiger partial charge >= 0.3 is 0 Å². The molecule has 1 aromatic rings. The molecule has 80 valence electrons. The molecule has 0 aliphatic carbocycles. The third kappa shape index (κ3) is 3.18. The van der Waals surface area contributed by atoms with Gasteiger partial charge < -0.3 is 10.2 Å². The van der Waals surface area contributed by atoms with E-state index in [1.165, 1.54) is 11.5 Å². The monoisotopic (exact) mass is 217 g/mol. The minimum Gasteiger partial charge on any atom is -0.383 e. The highest BCUT2D eigenvalue weighted by Crippen LogP contribution is 2.16. The average molecular weight is 217 g/mol. The van der Waals surface area contributed by atoms with Crippen molar-refractivity contribution >= 4 is 16.5 Å². The van der Waals surface area contributed by atoms with Crippen molar-refractivity contribution in [1.82, 2.24) is 14.5 Å². The number of aromatic nitrogens is 2. The van der Waals surface area contributed by atoms with Crippen molar-refractivity contribution in [2.45, 2.75) is 6.54 Å². The van der Waals surface area contributed by atoms with Crippen LogP contribution in [-0.4, -0.2) is 41.8 Å². The number of hydrogen-bond acceptors (Lipinski definition) is 7. The summed E-state index contributed by atoms with van der Waals surface area (Å²) in [6, 6.07) is 0. The molecule has 0 spiro atoms. The van der Waals surface area contributed by atoms with Crippen molar-refractivity contribution in [2.24, 2.45) is 5.84 Å². The van der Waals surface area contributed by atoms with E-state index < -0.39 is 0 Å². The van der Waals surface area contributed by atoms with Crippen LogP contribution in [-0.2, 0) is 11.3 Å². The number of nitrogens with zero attached hydrogens (tertiary/aromatic N) is 3. The predicted molar refractivity (Wildman–Crippen MR) is 55.9 cm³/mol. The van der Waals surface area contributed by atoms with Gasteiger partial charge in [0.1, 0.15) is 10.7 Å². The van der Waals surface area contributed by atoms with Crippen LogP contribution in [0.3, 0.4) is 0 Å². The van der Waals surface area contributed by atoms with Crippen LogP contribution >= 0.6 is 11.5 Å². The first kappa shape index (κ1) is 11.3. The lowest BCUT2D eigenvalue weighted by Gasteiger charge is -2.14. The van der Waals surface area contributed by atoms with Crippen LogP contribution in [0, 0.1) is 0 Å². The number of rotatable bonds is 6. The van der Waals surface area contributed by atoms with E-state index in [1.807, 2.05) is 7.05 Å². The molecule has 3 N–H and O–H groups in total. The van der Waals surface area contributed by atoms with Gasteiger partial charge in [0, 0.05) is 31.7 Å². The van der Waals surface area contributed by atoms with E-state index in [4.69, 9.17) is 10.6 Å². The summed E-state index contributed by atoms with van der Waals surface area (Å²) in [6.07, 6.45) is 0. The molecule has 0 radical (unpaired) electrons. The van der Waals surface area contributed by atoms with Gasteiger partial charge in [-0.15, -0.1) is 5.10 Å². The molecule has 0 atom stereocenters. The van der Waals surface area contributed by atoms with Crippen molar-refractivity contribution in [3.8, 4) is 0 Å². The van der Waals surface area contributed by atoms with Crippen molar-refractivity contribution in [2.75, 3.05) is 32.7 Å². The van der Waals surface area contributed by atoms with Crippen LogP contribution in [0.1, 0.15) is 5.69 Å². The molecular formula is C7H15N5OS. The Balaban J connectivity index is 2.42. The van der Waals surface area contributed by atoms with E-state index in [0.29, 0.717) is 6.61 Å². The number of nitrogens with one attached hydrogen (secondary N) is 1. The molecule has 0 aromatic carbocycles. The minimum atomic E-state index is 0.708. The zero-order valence-electron chi connectivity index (χ0n) is 8.36. The van der Waals surface area contributed by atoms with Gasteiger partial charge in [0.05, 0.1) is 6.61 Å². The van der Waals surface area contributed by atoms with E-state index >= 15 is 0 Å². The smallest absolute Gasteiger partial charge is 0.148 e. The Morgan fingerprint density at radius 1 is 1.64 bits per heavy atom. The third-order valence-electron chi connectivity index (χ3n) is 1.78. The molecule has 1 aromatic heterocycles. The van der Waals surface area contributed by atoms with Gasteiger partial charge in [0.2, 0.25) is 0 Å². The molecule has 0 amide bonds. The number of hydrazine groups is 1. The molecule has 0 saturated carbocycles. The number of hydrogen-bond donors (Lipinski definition) is 2. The highest BCUT2D eigenvalue weighted by atomic mass is 32.1. The summed E-state index contributed by atoms with van der Waals surface area (Å²) < 4.78 is 8.79. The Labute approximate surface area is 87.2 Å². The summed E-state index contributed by atoms with van der Waals surface area (Å²) in [7, 11) is 3.68. The van der Waals surface area contributed by atoms with Crippen molar-refractivity contribution in [3.05, 3.63) is 5.69 Å². The zero-order valence-corrected chi connectivity index (χ0v) is 9.17. The Hall–Kier alpha value is -0.760. The number of anilines is 1. The van der Waals surface area contributed by atoms with E-state index in [0.717, 1.165) is 23.8 Å². The van der Waals surface area contributed by atoms with Crippen molar-refractivity contribution in [3.63, 3.8) is 0 Å². The number of methoxy groups -OCH3 is 1. The second-order valence-corrected chi connectivity index (χ2v) is 3.68. The number of ether oxygens (including phenoxy) is 1. The Morgan fingerprint density at radius 2 is 2.43 bits per heavy atom. The molecule has 0 bridgehead atoms. The Morgan fingerprint density at radius 3 is 3.07 bits per heavy atom. The van der Waals surface area contributed by atoms with Crippen LogP contribution < -0.4 is 11.3 Å². The SMILES string of the molecule is COCCN(C)Cc1nnsc1NN. The molecule has 1 heterocycles. The van der Waals surface area contributed by atoms with Crippen LogP contribution in [0.25, 0.3) is 0 Å². The maximum Gasteiger partial charge on any atom is 0.148 e. The first-order valence-electron chi connectivity index (χ1n) is 4.23. The lowest BCUT2D eigenvalue weighted by atomic mass is 10.4. The normalized spacial score (nSPS) is 10.9. The lowest BCUT2D eigenvalue weighted by Crippen LogP contribution is -2.23. The zero-order chi connectivity index (χ0) is 10.4. The van der Waals surface area contributed by atoms with Gasteiger partial charge in [-0.1, -0.05) is 4.49 Å². The fourth-order valence-corrected chi connectivity index (χ4v) is 1.49. The fraction of sp³-hybridized carbons (Fsp3) is 0.714. The van der Waals surface area contributed by atoms with Crippen molar-refractivity contribution in [1.29, 1.82) is 0 Å². The van der Waals surface area contributed by atoms with Crippen LogP contribution in [0.5, 0.6) is 0 Å². The lowest BCUT2D eigenvalue weighted by molar-refractivity contribution is 0.158. The summed E-state index contributed by atoms with van der Waals surface area (Å²) in [4.78, 5) is 2.10. The van der Waals surface area contributed by atoms with E-state index in [9.17, 15) is 0 Å². The maximum absolute atomic E-state index is 5.31. The topological polar surface area (TPSA) is 76.3 Å². The minimum absolute atomic E-state index is 0.708. The van der Waals surface area contributed by atoms with Crippen LogP contribution in [0.2, 0.25) is 0 Å². The summed E-state index contributed by atoms with van der Waals surface area (Å²) in [6.45, 7) is 2.29. The van der Waals surface area contributed by atoms with Gasteiger partial charge in [0.25, 0.3) is 0 Å². The first-order valence-corrected chi connectivity index (χ1v) is 5.00. The maximum atomic E-state index is 5.31. The molecule has 0 aliphatic heterocycles. The number of likely N-dealkylation sites (N-methyl/N-ethyl adjacent to an activating group) is 1. The van der Waals surface area contributed by atoms with Gasteiger partial charge in [-0.3, -0.25) is 4.90 Å². The summed E-state index contributed by atoms with van der Waals surface area (Å²) in [5.41, 5.74) is 3.44. The molecule has 1 rings (SSSR count). The molecular weight excluding hydrogens is 202 g/mol. The summed E-state index contributed by atoms with van der Waals surface area (Å²) in [5.74, 6) is 5.31. The van der Waals surface area contributed by atoms with Crippen LogP contribution in [0.15, 0.2) is 0 Å². The van der Waals surface area contributed by atoms with E-state index in [2.05, 4.69) is 19.9 Å². The molecule has 7 heteroatoms. The van der Waals surface area contributed by atoms with Gasteiger partial charge in [-0.2, -0.15) is 0 Å². The highest BCUT2D eigenvalue weighted by molar-refractivity contribution is 7.10. The molecule has 14 heavy (non-hydrogen) atoms. The van der Waals surface area contributed by atoms with Gasteiger partial charge in [-0.05, 0) is 7.05 Å². The molecule has 0 aliphatic rings. The summed E-state index contributed by atoms with van der Waals surface area (Å²) >= 11 is 1.26. The third-order valence-corrected chi connectivity index (χ3v) is 2.48. The molecule has 6 nitrogen and oxygen atoms in total. The molecule has 0 fully saturated rings. The predicted octanol–water partition coefficient (Wildman–Crippen LogP) is -0.0981. The largest absolute Gasteiger partial charge is 0.383 e. The Bertz CT molecular complexity index is 266. The second-order valence-electron chi connectivity index (χ2n) is 2.92. The number of nitrogen functional groups attached to an aromatic ring is 1. The molecule has 0 saturated heterocycles. The van der Waals surface area contributed by atoms with E-state index in [1.54, 1.807) is 7.11 Å². The highest BCUT2D eigenvalue weighted by Gasteiger charge is 2.08. The van der Waals surface area contributed by atoms with Gasteiger partial charge in [-0.25, -0.2) is 5.84 Å². The van der Waals surface area contributed by atoms with E-state index in [-0.39, 0.29) is 0 Å².